The zero-order valence-electron chi connectivity index (χ0n) is 25.8. The Morgan fingerprint density at radius 3 is 1.98 bits per heavy atom. The summed E-state index contributed by atoms with van der Waals surface area (Å²) in [5.41, 5.74) is -1.54. The zero-order valence-corrected chi connectivity index (χ0v) is 26.8. The van der Waals surface area contributed by atoms with Crippen molar-refractivity contribution < 1.29 is 41.4 Å². The van der Waals surface area contributed by atoms with Crippen LogP contribution in [-0.2, 0) is 28.2 Å². The van der Waals surface area contributed by atoms with Gasteiger partial charge in [-0.1, -0.05) is 74.5 Å². The molecule has 0 aromatic heterocycles. The van der Waals surface area contributed by atoms with E-state index < -0.39 is 56.8 Å². The number of likely N-dealkylation sites (tertiary alicyclic amines) is 1. The van der Waals surface area contributed by atoms with Crippen LogP contribution >= 0.6 is 0 Å². The Hall–Kier alpha value is -2.73. The van der Waals surface area contributed by atoms with Crippen molar-refractivity contribution in [2.75, 3.05) is 13.3 Å². The van der Waals surface area contributed by atoms with Gasteiger partial charge in [0.25, 0.3) is 8.32 Å². The van der Waals surface area contributed by atoms with Gasteiger partial charge in [-0.3, -0.25) is 4.79 Å². The Kier molecular flexibility index (Phi) is 12.0. The fourth-order valence-electron chi connectivity index (χ4n) is 6.09. The molecule has 0 aliphatic carbocycles. The van der Waals surface area contributed by atoms with Gasteiger partial charge in [-0.25, -0.2) is 22.9 Å². The van der Waals surface area contributed by atoms with Crippen LogP contribution in [0.15, 0.2) is 60.7 Å². The van der Waals surface area contributed by atoms with Gasteiger partial charge in [0.05, 0.1) is 19.5 Å². The Labute approximate surface area is 259 Å². The molecule has 0 bridgehead atoms. The Morgan fingerprint density at radius 1 is 0.932 bits per heavy atom. The van der Waals surface area contributed by atoms with E-state index in [2.05, 4.69) is 0 Å². The zero-order chi connectivity index (χ0) is 31.7. The van der Waals surface area contributed by atoms with E-state index in [0.29, 0.717) is 18.9 Å². The highest BCUT2D eigenvalue weighted by molar-refractivity contribution is 6.97. The van der Waals surface area contributed by atoms with Gasteiger partial charge >= 0.3 is 11.9 Å². The number of hydrogen-bond acceptors (Lipinski definition) is 7. The normalized spacial score (nSPS) is 24.0. The molecule has 2 heterocycles. The maximum Gasteiger partial charge on any atom is 0.332 e. The summed E-state index contributed by atoms with van der Waals surface area (Å²) in [6, 6.07) is 18.4. The first-order valence-electron chi connectivity index (χ1n) is 15.6. The number of carbonyl (C=O) groups is 2. The monoisotopic (exact) mass is 635 g/mol. The molecule has 2 aliphatic rings. The number of alkyl halides is 3. The average Bonchev–Trinajstić information content (AvgIpc) is 3.79. The van der Waals surface area contributed by atoms with Gasteiger partial charge in [0.1, 0.15) is 12.1 Å². The molecule has 0 N–H and O–H groups in total. The first-order valence-corrected chi connectivity index (χ1v) is 17.8. The van der Waals surface area contributed by atoms with Crippen LogP contribution in [0, 0.1) is 0 Å². The Balaban J connectivity index is 1.76. The van der Waals surface area contributed by atoms with E-state index in [-0.39, 0.29) is 45.4 Å². The number of hydrogen-bond donors (Lipinski definition) is 0. The second kappa shape index (κ2) is 15.5. The molecule has 2 saturated heterocycles. The molecule has 2 aromatic rings. The Bertz CT molecular complexity index is 1170. The summed E-state index contributed by atoms with van der Waals surface area (Å²) < 4.78 is 66.7. The molecule has 11 heteroatoms. The van der Waals surface area contributed by atoms with Crippen LogP contribution < -0.4 is 10.4 Å². The summed E-state index contributed by atoms with van der Waals surface area (Å²) >= 11 is 0. The van der Waals surface area contributed by atoms with E-state index in [4.69, 9.17) is 18.6 Å². The smallest absolute Gasteiger partial charge is 0.332 e. The summed E-state index contributed by atoms with van der Waals surface area (Å²) in [6.45, 7) is 5.00. The molecule has 2 aliphatic heterocycles. The van der Waals surface area contributed by atoms with E-state index in [0.717, 1.165) is 10.4 Å². The van der Waals surface area contributed by atoms with Gasteiger partial charge < -0.3 is 18.6 Å². The number of rotatable bonds is 17. The highest BCUT2D eigenvalue weighted by Crippen LogP contribution is 2.44. The maximum atomic E-state index is 14.7. The molecule has 242 valence electrons. The number of halogens is 3. The number of benzene rings is 2. The molecule has 0 saturated carbocycles. The van der Waals surface area contributed by atoms with Crippen molar-refractivity contribution in [3.63, 3.8) is 0 Å². The van der Waals surface area contributed by atoms with E-state index >= 15 is 0 Å². The number of esters is 2. The fourth-order valence-corrected chi connectivity index (χ4v) is 10.1. The van der Waals surface area contributed by atoms with Gasteiger partial charge in [-0.15, -0.1) is 0 Å². The van der Waals surface area contributed by atoms with Crippen LogP contribution in [0.4, 0.5) is 13.2 Å². The van der Waals surface area contributed by atoms with Crippen LogP contribution in [0.5, 0.6) is 0 Å². The second-order valence-electron chi connectivity index (χ2n) is 11.7. The first kappa shape index (κ1) is 34.1. The predicted octanol–water partition coefficient (Wildman–Crippen LogP) is 5.35. The lowest BCUT2D eigenvalue weighted by atomic mass is 9.92. The van der Waals surface area contributed by atoms with Crippen molar-refractivity contribution in [1.82, 2.24) is 4.90 Å². The summed E-state index contributed by atoms with van der Waals surface area (Å²) in [5, 5.41) is 1.78. The lowest BCUT2D eigenvalue weighted by molar-refractivity contribution is -0.180. The van der Waals surface area contributed by atoms with Crippen LogP contribution in [-0.4, -0.2) is 75.1 Å². The molecule has 44 heavy (non-hydrogen) atoms. The van der Waals surface area contributed by atoms with Crippen LogP contribution in [0.3, 0.4) is 0 Å². The molecule has 0 radical (unpaired) electrons. The fraction of sp³-hybridized carbons (Fsp3) is 0.576. The number of epoxide rings is 1. The van der Waals surface area contributed by atoms with Crippen LogP contribution in [0.1, 0.15) is 65.7 Å². The van der Waals surface area contributed by atoms with Crippen molar-refractivity contribution in [2.45, 2.75) is 108 Å². The molecule has 0 amide bonds. The highest BCUT2D eigenvalue weighted by atomic mass is 28.4. The summed E-state index contributed by atoms with van der Waals surface area (Å²) in [7, 11) is -3.22. The summed E-state index contributed by atoms with van der Waals surface area (Å²) in [5.74, 6) is -1.69. The minimum atomic E-state index is -3.22. The van der Waals surface area contributed by atoms with Crippen molar-refractivity contribution >= 4 is 30.6 Å². The molecule has 4 unspecified atom stereocenters. The molecule has 7 nitrogen and oxygen atoms in total. The van der Waals surface area contributed by atoms with E-state index in [1.165, 1.54) is 11.8 Å². The van der Waals surface area contributed by atoms with Crippen molar-refractivity contribution in [3.05, 3.63) is 60.7 Å². The number of carbonyl (C=O) groups excluding carboxylic acids is 2. The third kappa shape index (κ3) is 7.73. The molecule has 2 aromatic carbocycles. The molecular weight excluding hydrogens is 591 g/mol. The van der Waals surface area contributed by atoms with Crippen molar-refractivity contribution in [3.8, 4) is 0 Å². The molecular formula is C33H44F3NO6Si. The van der Waals surface area contributed by atoms with Gasteiger partial charge in [0.15, 0.2) is 5.54 Å². The lowest BCUT2D eigenvalue weighted by Crippen LogP contribution is -2.65. The number of nitrogens with zero attached hydrogens (tertiary/aromatic N) is 1. The largest absolute Gasteiger partial charge is 0.430 e. The van der Waals surface area contributed by atoms with E-state index in [1.807, 2.05) is 60.7 Å². The van der Waals surface area contributed by atoms with Gasteiger partial charge in [0, 0.05) is 12.8 Å². The maximum absolute atomic E-state index is 14.7. The quantitative estimate of drug-likeness (QED) is 0.132. The average molecular weight is 636 g/mol. The summed E-state index contributed by atoms with van der Waals surface area (Å²) in [6.07, 6.45) is -3.93. The topological polar surface area (TPSA) is 77.6 Å². The number of ether oxygens (including phenoxy) is 3. The van der Waals surface area contributed by atoms with Gasteiger partial charge in [-0.05, 0) is 55.4 Å². The minimum absolute atomic E-state index is 0.0231. The predicted molar refractivity (Wildman–Crippen MR) is 163 cm³/mol. The van der Waals surface area contributed by atoms with Gasteiger partial charge in [0.2, 0.25) is 12.7 Å². The first-order chi connectivity index (χ1) is 21.2. The second-order valence-corrected chi connectivity index (χ2v) is 15.3. The molecule has 6 atom stereocenters. The lowest BCUT2D eigenvalue weighted by Gasteiger charge is -2.41. The molecule has 0 spiro atoms. The highest BCUT2D eigenvalue weighted by Gasteiger charge is 2.64. The third-order valence-electron chi connectivity index (χ3n) is 8.51. The minimum Gasteiger partial charge on any atom is -0.430 e. The van der Waals surface area contributed by atoms with Gasteiger partial charge in [-0.2, -0.15) is 0 Å². The summed E-state index contributed by atoms with van der Waals surface area (Å²) in [4.78, 5) is 28.8. The van der Waals surface area contributed by atoms with Crippen molar-refractivity contribution in [2.24, 2.45) is 0 Å². The standard InChI is InChI=1S/C33H44F3NO6Si/c1-4-12-29(35)42-31(38)27-18-20-33(28-22-40-28,32(39)43-30(36)13-5-2)37(27)23-41-44(21-19-24(3)34,25-14-8-6-9-15-25)26-16-10-7-11-17-26/h6-11,14-17,24,27-30H,4-5,12-13,18-23H2,1-3H3/t24?,27-,28?,29?,30?,33-/m1/s1. The van der Waals surface area contributed by atoms with E-state index in [1.54, 1.807) is 13.8 Å². The molecule has 2 fully saturated rings. The third-order valence-corrected chi connectivity index (χ3v) is 12.7. The van der Waals surface area contributed by atoms with Crippen LogP contribution in [0.25, 0.3) is 0 Å². The molecule has 4 rings (SSSR count). The van der Waals surface area contributed by atoms with Crippen molar-refractivity contribution in [1.29, 1.82) is 0 Å². The Morgan fingerprint density at radius 2 is 1.48 bits per heavy atom. The SMILES string of the molecule is CCCC(F)OC(=O)[C@H]1CC[C@](C(=O)OC(F)CCC)(C2CO2)N1CO[Si](CCC(C)F)(c1ccccc1)c1ccccc1. The van der Waals surface area contributed by atoms with E-state index in [9.17, 15) is 22.8 Å². The van der Waals surface area contributed by atoms with Crippen LogP contribution in [0.2, 0.25) is 6.04 Å².